The van der Waals surface area contributed by atoms with Crippen LogP contribution in [0.15, 0.2) is 12.1 Å². The molecule has 0 amide bonds. The van der Waals surface area contributed by atoms with E-state index in [0.29, 0.717) is 30.3 Å². The van der Waals surface area contributed by atoms with Crippen LogP contribution in [0.4, 0.5) is 11.4 Å². The van der Waals surface area contributed by atoms with Crippen molar-refractivity contribution in [3.8, 4) is 0 Å². The standard InChI is InChI=1S/C14H18N2O5/c1-8-12(15-7-10-3-4-21-9(10)2)5-11(14(17)18)6-13(8)16(19)20/h5-6,9-10,15H,3-4,7H2,1-2H3,(H,17,18). The van der Waals surface area contributed by atoms with Gasteiger partial charge < -0.3 is 15.2 Å². The lowest BCUT2D eigenvalue weighted by Crippen LogP contribution is -2.21. The Balaban J connectivity index is 2.24. The highest BCUT2D eigenvalue weighted by atomic mass is 16.6. The molecule has 114 valence electrons. The summed E-state index contributed by atoms with van der Waals surface area (Å²) in [5.74, 6) is -0.865. The first-order chi connectivity index (χ1) is 9.90. The number of nitro benzene ring substituents is 1. The number of aromatic carboxylic acids is 1. The first kappa shape index (κ1) is 15.2. The smallest absolute Gasteiger partial charge is 0.336 e. The molecule has 1 aromatic rings. The predicted molar refractivity (Wildman–Crippen MR) is 76.8 cm³/mol. The van der Waals surface area contributed by atoms with Gasteiger partial charge in [-0.2, -0.15) is 0 Å². The average molecular weight is 294 g/mol. The van der Waals surface area contributed by atoms with E-state index in [4.69, 9.17) is 9.84 Å². The molecule has 2 rings (SSSR count). The van der Waals surface area contributed by atoms with Crippen LogP contribution in [0.25, 0.3) is 0 Å². The van der Waals surface area contributed by atoms with Crippen molar-refractivity contribution in [3.63, 3.8) is 0 Å². The molecule has 2 atom stereocenters. The van der Waals surface area contributed by atoms with E-state index < -0.39 is 10.9 Å². The second-order valence-corrected chi connectivity index (χ2v) is 5.24. The minimum Gasteiger partial charge on any atom is -0.478 e. The summed E-state index contributed by atoms with van der Waals surface area (Å²) in [6.07, 6.45) is 1.06. The summed E-state index contributed by atoms with van der Waals surface area (Å²) in [5.41, 5.74) is 0.649. The summed E-state index contributed by atoms with van der Waals surface area (Å²) in [5, 5.41) is 23.2. The molecule has 7 nitrogen and oxygen atoms in total. The van der Waals surface area contributed by atoms with Crippen LogP contribution in [0, 0.1) is 23.0 Å². The molecule has 0 aliphatic carbocycles. The average Bonchev–Trinajstić information content (AvgIpc) is 2.82. The van der Waals surface area contributed by atoms with Crippen molar-refractivity contribution in [2.45, 2.75) is 26.4 Å². The summed E-state index contributed by atoms with van der Waals surface area (Å²) in [7, 11) is 0. The van der Waals surface area contributed by atoms with E-state index in [9.17, 15) is 14.9 Å². The van der Waals surface area contributed by atoms with Crippen molar-refractivity contribution in [2.24, 2.45) is 5.92 Å². The lowest BCUT2D eigenvalue weighted by Gasteiger charge is -2.17. The van der Waals surface area contributed by atoms with E-state index in [-0.39, 0.29) is 17.4 Å². The van der Waals surface area contributed by atoms with Crippen molar-refractivity contribution in [2.75, 3.05) is 18.5 Å². The number of carboxylic acids is 1. The normalized spacial score (nSPS) is 21.2. The molecule has 1 aromatic carbocycles. The van der Waals surface area contributed by atoms with Crippen LogP contribution in [0.1, 0.15) is 29.3 Å². The lowest BCUT2D eigenvalue weighted by atomic mass is 10.0. The summed E-state index contributed by atoms with van der Waals surface area (Å²) in [4.78, 5) is 21.5. The van der Waals surface area contributed by atoms with Crippen molar-refractivity contribution in [1.29, 1.82) is 0 Å². The van der Waals surface area contributed by atoms with Crippen LogP contribution in [-0.4, -0.2) is 35.3 Å². The van der Waals surface area contributed by atoms with Gasteiger partial charge in [0, 0.05) is 36.4 Å². The molecule has 2 N–H and O–H groups in total. The third-order valence-corrected chi connectivity index (χ3v) is 3.91. The third kappa shape index (κ3) is 3.30. The molecular formula is C14H18N2O5. The van der Waals surface area contributed by atoms with Gasteiger partial charge in [-0.05, 0) is 26.3 Å². The van der Waals surface area contributed by atoms with Crippen LogP contribution in [0.2, 0.25) is 0 Å². The molecule has 1 saturated heterocycles. The monoisotopic (exact) mass is 294 g/mol. The highest BCUT2D eigenvalue weighted by molar-refractivity contribution is 5.90. The summed E-state index contributed by atoms with van der Waals surface area (Å²) in [6, 6.07) is 2.52. The van der Waals surface area contributed by atoms with E-state index in [1.807, 2.05) is 6.92 Å². The number of anilines is 1. The molecule has 2 unspecified atom stereocenters. The number of ether oxygens (including phenoxy) is 1. The van der Waals surface area contributed by atoms with Gasteiger partial charge in [0.2, 0.25) is 0 Å². The molecule has 7 heteroatoms. The Hall–Kier alpha value is -2.15. The minimum atomic E-state index is -1.18. The zero-order chi connectivity index (χ0) is 15.6. The fourth-order valence-electron chi connectivity index (χ4n) is 2.48. The quantitative estimate of drug-likeness (QED) is 0.639. The van der Waals surface area contributed by atoms with Gasteiger partial charge in [0.15, 0.2) is 0 Å². The van der Waals surface area contributed by atoms with Crippen LogP contribution in [0.5, 0.6) is 0 Å². The van der Waals surface area contributed by atoms with Crippen LogP contribution in [-0.2, 0) is 4.74 Å². The molecule has 0 radical (unpaired) electrons. The number of hydrogen-bond acceptors (Lipinski definition) is 5. The van der Waals surface area contributed by atoms with Crippen molar-refractivity contribution < 1.29 is 19.6 Å². The Morgan fingerprint density at radius 1 is 1.57 bits per heavy atom. The Kier molecular flexibility index (Phi) is 4.42. The van der Waals surface area contributed by atoms with E-state index in [2.05, 4.69) is 5.32 Å². The Bertz CT molecular complexity index is 573. The molecule has 1 aliphatic rings. The van der Waals surface area contributed by atoms with Gasteiger partial charge in [-0.3, -0.25) is 10.1 Å². The number of nitrogens with one attached hydrogen (secondary N) is 1. The predicted octanol–water partition coefficient (Wildman–Crippen LogP) is 2.44. The molecule has 0 saturated carbocycles. The second kappa shape index (κ2) is 6.09. The highest BCUT2D eigenvalue weighted by Crippen LogP contribution is 2.29. The maximum absolute atomic E-state index is 11.1. The summed E-state index contributed by atoms with van der Waals surface area (Å²) < 4.78 is 5.47. The summed E-state index contributed by atoms with van der Waals surface area (Å²) >= 11 is 0. The Labute approximate surface area is 122 Å². The van der Waals surface area contributed by atoms with Crippen LogP contribution < -0.4 is 5.32 Å². The fraction of sp³-hybridized carbons (Fsp3) is 0.500. The molecule has 1 heterocycles. The van der Waals surface area contributed by atoms with E-state index in [1.54, 1.807) is 6.92 Å². The van der Waals surface area contributed by atoms with Gasteiger partial charge in [0.1, 0.15) is 0 Å². The maximum Gasteiger partial charge on any atom is 0.336 e. The van der Waals surface area contributed by atoms with E-state index in [1.165, 1.54) is 6.07 Å². The number of hydrogen-bond donors (Lipinski definition) is 2. The zero-order valence-corrected chi connectivity index (χ0v) is 12.0. The molecule has 0 spiro atoms. The molecule has 1 aliphatic heterocycles. The number of benzene rings is 1. The number of carbonyl (C=O) groups is 1. The van der Waals surface area contributed by atoms with Gasteiger partial charge in [-0.15, -0.1) is 0 Å². The van der Waals surface area contributed by atoms with Gasteiger partial charge in [0.05, 0.1) is 16.6 Å². The van der Waals surface area contributed by atoms with Gasteiger partial charge >= 0.3 is 5.97 Å². The number of rotatable bonds is 5. The minimum absolute atomic E-state index is 0.0921. The number of nitrogens with zero attached hydrogens (tertiary/aromatic N) is 1. The SMILES string of the molecule is Cc1c(NCC2CCOC2C)cc(C(=O)O)cc1[N+](=O)[O-]. The van der Waals surface area contributed by atoms with Crippen LogP contribution in [0.3, 0.4) is 0 Å². The van der Waals surface area contributed by atoms with Crippen LogP contribution >= 0.6 is 0 Å². The molecule has 0 bridgehead atoms. The number of nitro groups is 1. The summed E-state index contributed by atoms with van der Waals surface area (Å²) in [6.45, 7) is 4.91. The fourth-order valence-corrected chi connectivity index (χ4v) is 2.48. The molecule has 0 aromatic heterocycles. The van der Waals surface area contributed by atoms with Crippen molar-refractivity contribution in [1.82, 2.24) is 0 Å². The second-order valence-electron chi connectivity index (χ2n) is 5.24. The highest BCUT2D eigenvalue weighted by Gasteiger charge is 2.25. The zero-order valence-electron chi connectivity index (χ0n) is 12.0. The van der Waals surface area contributed by atoms with Gasteiger partial charge in [-0.1, -0.05) is 0 Å². The first-order valence-corrected chi connectivity index (χ1v) is 6.78. The Morgan fingerprint density at radius 3 is 2.81 bits per heavy atom. The molecule has 21 heavy (non-hydrogen) atoms. The molecule has 1 fully saturated rings. The maximum atomic E-state index is 11.1. The lowest BCUT2D eigenvalue weighted by molar-refractivity contribution is -0.385. The topological polar surface area (TPSA) is 102 Å². The van der Waals surface area contributed by atoms with Crippen molar-refractivity contribution >= 4 is 17.3 Å². The third-order valence-electron chi connectivity index (χ3n) is 3.91. The van der Waals surface area contributed by atoms with Gasteiger partial charge in [-0.25, -0.2) is 4.79 Å². The van der Waals surface area contributed by atoms with E-state index >= 15 is 0 Å². The first-order valence-electron chi connectivity index (χ1n) is 6.78. The number of carboxylic acid groups (broad SMARTS) is 1. The Morgan fingerprint density at radius 2 is 2.29 bits per heavy atom. The largest absolute Gasteiger partial charge is 0.478 e. The van der Waals surface area contributed by atoms with Gasteiger partial charge in [0.25, 0.3) is 5.69 Å². The van der Waals surface area contributed by atoms with Crippen molar-refractivity contribution in [3.05, 3.63) is 33.4 Å². The molecular weight excluding hydrogens is 276 g/mol. The van der Waals surface area contributed by atoms with E-state index in [0.717, 1.165) is 12.5 Å².